The lowest BCUT2D eigenvalue weighted by molar-refractivity contribution is -0.132. The maximum absolute atomic E-state index is 13.9. The summed E-state index contributed by atoms with van der Waals surface area (Å²) in [4.78, 5) is 60.5. The van der Waals surface area contributed by atoms with Gasteiger partial charge in [-0.2, -0.15) is 0 Å². The minimum absolute atomic E-state index is 0.146. The maximum atomic E-state index is 13.9. The van der Waals surface area contributed by atoms with Crippen molar-refractivity contribution >= 4 is 29.6 Å². The number of rotatable bonds is 16. The van der Waals surface area contributed by atoms with Gasteiger partial charge in [0.1, 0.15) is 23.0 Å². The molecular formula is C43H54N6O6. The molecule has 4 aromatic rings. The van der Waals surface area contributed by atoms with Gasteiger partial charge in [0.05, 0.1) is 19.1 Å². The number of anilines is 1. The molecule has 1 fully saturated rings. The molecule has 3 N–H and O–H groups in total. The fraction of sp³-hybridized carbons (Fsp3) is 0.419. The van der Waals surface area contributed by atoms with Gasteiger partial charge >= 0.3 is 6.09 Å². The lowest BCUT2D eigenvalue weighted by atomic mass is 9.92. The molecule has 0 aliphatic carbocycles. The van der Waals surface area contributed by atoms with Crippen LogP contribution in [0.1, 0.15) is 77.3 Å². The Morgan fingerprint density at radius 2 is 1.45 bits per heavy atom. The molecule has 3 aromatic carbocycles. The highest BCUT2D eigenvalue weighted by Gasteiger charge is 2.35. The number of ether oxygens (including phenoxy) is 2. The molecule has 1 aromatic heterocycles. The Labute approximate surface area is 324 Å². The van der Waals surface area contributed by atoms with E-state index in [4.69, 9.17) is 14.5 Å². The van der Waals surface area contributed by atoms with E-state index < -0.39 is 35.1 Å². The first-order valence-electron chi connectivity index (χ1n) is 19.0. The number of imidazole rings is 1. The van der Waals surface area contributed by atoms with Gasteiger partial charge in [0.15, 0.2) is 5.82 Å². The first-order valence-corrected chi connectivity index (χ1v) is 19.0. The van der Waals surface area contributed by atoms with Gasteiger partial charge in [-0.25, -0.2) is 9.78 Å². The molecule has 2 heterocycles. The second-order valence-electron chi connectivity index (χ2n) is 15.4. The third kappa shape index (κ3) is 12.0. The van der Waals surface area contributed by atoms with E-state index in [1.165, 1.54) is 13.8 Å². The molecule has 12 nitrogen and oxygen atoms in total. The molecule has 2 atom stereocenters. The van der Waals surface area contributed by atoms with Crippen molar-refractivity contribution in [1.82, 2.24) is 25.1 Å². The molecule has 292 valence electrons. The van der Waals surface area contributed by atoms with Crippen LogP contribution in [0.4, 0.5) is 10.6 Å². The lowest BCUT2D eigenvalue weighted by Gasteiger charge is -2.29. The summed E-state index contributed by atoms with van der Waals surface area (Å²) in [6, 6.07) is 28.0. The number of carbonyl (C=O) groups is 4. The van der Waals surface area contributed by atoms with Crippen molar-refractivity contribution in [2.45, 2.75) is 96.6 Å². The molecule has 0 radical (unpaired) electrons. The Bertz CT molecular complexity index is 1870. The number of nitrogens with one attached hydrogen (secondary N) is 3. The molecule has 0 spiro atoms. The number of aromatic nitrogens is 2. The minimum atomic E-state index is -1.42. The summed E-state index contributed by atoms with van der Waals surface area (Å²) < 4.78 is 13.3. The standard InChI is InChI=1S/C43H54N6O6/c1-42(2,3)55-41(53)47-43(4,5)40(52)44-35(30-54-29-31-18-9-6-10-19-31)38(50)46-36-28-49(37(45-36)33-22-13-8-14-23-33)27-17-24-34(32-20-11-7-12-21-32)39(51)48-25-15-16-26-48/h6-14,18-23,28,34-35H,15-17,24-27,29-30H2,1-5H3,(H,44,52)(H,46,50)(H,47,53)/t34?,35-/m1/s1. The van der Waals surface area contributed by atoms with Crippen molar-refractivity contribution in [3.8, 4) is 11.4 Å². The number of amides is 4. The van der Waals surface area contributed by atoms with E-state index in [9.17, 15) is 19.2 Å². The Hall–Kier alpha value is -5.49. The third-order valence-electron chi connectivity index (χ3n) is 9.27. The molecule has 55 heavy (non-hydrogen) atoms. The molecule has 1 aliphatic heterocycles. The van der Waals surface area contributed by atoms with E-state index in [2.05, 4.69) is 16.0 Å². The molecule has 12 heteroatoms. The monoisotopic (exact) mass is 750 g/mol. The minimum Gasteiger partial charge on any atom is -0.444 e. The SMILES string of the molecule is CC(C)(C)OC(=O)NC(C)(C)C(=O)N[C@H](COCc1ccccc1)C(=O)Nc1cn(CCCC(C(=O)N2CCCC2)c2ccccc2)c(-c2ccccc2)n1. The number of alkyl carbamates (subject to hydrolysis) is 1. The molecular weight excluding hydrogens is 697 g/mol. The van der Waals surface area contributed by atoms with Gasteiger partial charge in [-0.05, 0) is 71.4 Å². The number of nitrogens with zero attached hydrogens (tertiary/aromatic N) is 3. The van der Waals surface area contributed by atoms with Crippen LogP contribution in [0.3, 0.4) is 0 Å². The molecule has 4 amide bonds. The molecule has 1 saturated heterocycles. The van der Waals surface area contributed by atoms with Gasteiger partial charge in [-0.1, -0.05) is 91.0 Å². The van der Waals surface area contributed by atoms with Crippen molar-refractivity contribution in [2.75, 3.05) is 25.0 Å². The van der Waals surface area contributed by atoms with Crippen LogP contribution in [0.15, 0.2) is 97.2 Å². The van der Waals surface area contributed by atoms with Crippen molar-refractivity contribution in [1.29, 1.82) is 0 Å². The van der Waals surface area contributed by atoms with E-state index in [0.29, 0.717) is 31.0 Å². The van der Waals surface area contributed by atoms with Crippen molar-refractivity contribution in [2.24, 2.45) is 0 Å². The summed E-state index contributed by atoms with van der Waals surface area (Å²) in [5.74, 6) is -0.284. The highest BCUT2D eigenvalue weighted by Crippen LogP contribution is 2.28. The fourth-order valence-corrected chi connectivity index (χ4v) is 6.43. The summed E-state index contributed by atoms with van der Waals surface area (Å²) in [5, 5.41) is 8.25. The van der Waals surface area contributed by atoms with Crippen LogP contribution < -0.4 is 16.0 Å². The van der Waals surface area contributed by atoms with E-state index in [1.54, 1.807) is 27.0 Å². The van der Waals surface area contributed by atoms with Crippen LogP contribution >= 0.6 is 0 Å². The first kappa shape index (κ1) is 40.7. The van der Waals surface area contributed by atoms with E-state index in [0.717, 1.165) is 42.6 Å². The predicted octanol–water partition coefficient (Wildman–Crippen LogP) is 6.68. The number of carbonyl (C=O) groups excluding carboxylic acids is 4. The maximum Gasteiger partial charge on any atom is 0.408 e. The second kappa shape index (κ2) is 18.7. The molecule has 1 unspecified atom stereocenters. The number of benzene rings is 3. The van der Waals surface area contributed by atoms with Crippen LogP contribution in [0.2, 0.25) is 0 Å². The summed E-state index contributed by atoms with van der Waals surface area (Å²) in [7, 11) is 0. The zero-order chi connectivity index (χ0) is 39.4. The predicted molar refractivity (Wildman–Crippen MR) is 212 cm³/mol. The zero-order valence-electron chi connectivity index (χ0n) is 32.5. The second-order valence-corrected chi connectivity index (χ2v) is 15.4. The van der Waals surface area contributed by atoms with Gasteiger partial charge in [0.2, 0.25) is 11.8 Å². The Kier molecular flexibility index (Phi) is 13.8. The van der Waals surface area contributed by atoms with Crippen LogP contribution in [0.5, 0.6) is 0 Å². The van der Waals surface area contributed by atoms with Crippen molar-refractivity contribution in [3.05, 3.63) is 108 Å². The van der Waals surface area contributed by atoms with Gasteiger partial charge < -0.3 is 34.9 Å². The summed E-state index contributed by atoms with van der Waals surface area (Å²) in [6.07, 6.45) is 4.41. The van der Waals surface area contributed by atoms with Crippen LogP contribution in [0, 0.1) is 0 Å². The largest absolute Gasteiger partial charge is 0.444 e. The van der Waals surface area contributed by atoms with Gasteiger partial charge in [0, 0.05) is 31.4 Å². The Balaban J connectivity index is 1.33. The average Bonchev–Trinajstić information content (AvgIpc) is 3.84. The summed E-state index contributed by atoms with van der Waals surface area (Å²) in [6.45, 7) is 10.5. The molecule has 0 bridgehead atoms. The molecule has 1 aliphatic rings. The van der Waals surface area contributed by atoms with Crippen molar-refractivity contribution in [3.63, 3.8) is 0 Å². The van der Waals surface area contributed by atoms with Gasteiger partial charge in [0.25, 0.3) is 5.91 Å². The number of hydrogen-bond acceptors (Lipinski definition) is 7. The zero-order valence-corrected chi connectivity index (χ0v) is 32.5. The Morgan fingerprint density at radius 1 is 0.836 bits per heavy atom. The lowest BCUT2D eigenvalue weighted by Crippen LogP contribution is -2.59. The first-order chi connectivity index (χ1) is 26.3. The molecule has 5 rings (SSSR count). The van der Waals surface area contributed by atoms with Gasteiger partial charge in [-0.3, -0.25) is 14.4 Å². The van der Waals surface area contributed by atoms with Crippen LogP contribution in [0.25, 0.3) is 11.4 Å². The highest BCUT2D eigenvalue weighted by molar-refractivity contribution is 5.99. The molecule has 0 saturated carbocycles. The smallest absolute Gasteiger partial charge is 0.408 e. The normalized spacial score (nSPS) is 14.2. The quantitative estimate of drug-likeness (QED) is 0.116. The van der Waals surface area contributed by atoms with E-state index in [1.807, 2.05) is 100 Å². The van der Waals surface area contributed by atoms with E-state index >= 15 is 0 Å². The highest BCUT2D eigenvalue weighted by atomic mass is 16.6. The number of hydrogen-bond donors (Lipinski definition) is 3. The Morgan fingerprint density at radius 3 is 2.09 bits per heavy atom. The number of aryl methyl sites for hydroxylation is 1. The van der Waals surface area contributed by atoms with Crippen LogP contribution in [-0.2, 0) is 37.0 Å². The average molecular weight is 751 g/mol. The summed E-state index contributed by atoms with van der Waals surface area (Å²) >= 11 is 0. The van der Waals surface area contributed by atoms with Gasteiger partial charge in [-0.15, -0.1) is 0 Å². The fourth-order valence-electron chi connectivity index (χ4n) is 6.43. The third-order valence-corrected chi connectivity index (χ3v) is 9.27. The van der Waals surface area contributed by atoms with E-state index in [-0.39, 0.29) is 25.0 Å². The summed E-state index contributed by atoms with van der Waals surface area (Å²) in [5.41, 5.74) is 0.592. The van der Waals surface area contributed by atoms with Crippen molar-refractivity contribution < 1.29 is 28.7 Å². The van der Waals surface area contributed by atoms with Crippen LogP contribution in [-0.4, -0.2) is 75.1 Å². The number of likely N-dealkylation sites (tertiary alicyclic amines) is 1. The topological polar surface area (TPSA) is 144 Å².